The standard InChI is InChI=1S/C14H22N2O3/c1-3-4-5-6-9-19-11-12-10-13(16(17)18)7-8-14(12)15-2/h7-8,10,15H,3-6,9,11H2,1-2H3. The molecular formula is C14H22N2O3. The number of anilines is 1. The Morgan fingerprint density at radius 3 is 2.74 bits per heavy atom. The number of unbranched alkanes of at least 4 members (excludes halogenated alkanes) is 3. The molecule has 19 heavy (non-hydrogen) atoms. The molecule has 0 saturated carbocycles. The molecule has 0 bridgehead atoms. The van der Waals surface area contributed by atoms with Gasteiger partial charge in [-0.15, -0.1) is 0 Å². The number of nitrogens with zero attached hydrogens (tertiary/aromatic N) is 1. The van der Waals surface area contributed by atoms with E-state index in [9.17, 15) is 10.1 Å². The van der Waals surface area contributed by atoms with Crippen LogP contribution < -0.4 is 5.32 Å². The largest absolute Gasteiger partial charge is 0.388 e. The van der Waals surface area contributed by atoms with Gasteiger partial charge in [-0.2, -0.15) is 0 Å². The van der Waals surface area contributed by atoms with E-state index in [0.717, 1.165) is 17.7 Å². The van der Waals surface area contributed by atoms with Crippen LogP contribution in [0.4, 0.5) is 11.4 Å². The van der Waals surface area contributed by atoms with Crippen LogP contribution in [0.25, 0.3) is 0 Å². The van der Waals surface area contributed by atoms with E-state index >= 15 is 0 Å². The molecule has 0 aliphatic carbocycles. The third-order valence-electron chi connectivity index (χ3n) is 2.97. The van der Waals surface area contributed by atoms with Gasteiger partial charge in [-0.25, -0.2) is 0 Å². The molecule has 0 aliphatic heterocycles. The Bertz CT molecular complexity index is 408. The summed E-state index contributed by atoms with van der Waals surface area (Å²) in [5.74, 6) is 0. The van der Waals surface area contributed by atoms with Crippen LogP contribution in [0.5, 0.6) is 0 Å². The first-order valence-electron chi connectivity index (χ1n) is 6.71. The zero-order valence-electron chi connectivity index (χ0n) is 11.6. The first-order valence-corrected chi connectivity index (χ1v) is 6.71. The molecule has 0 spiro atoms. The molecule has 0 heterocycles. The van der Waals surface area contributed by atoms with Gasteiger partial charge in [0.2, 0.25) is 0 Å². The van der Waals surface area contributed by atoms with E-state index in [1.165, 1.54) is 25.3 Å². The van der Waals surface area contributed by atoms with E-state index in [1.807, 2.05) is 0 Å². The molecule has 1 aromatic rings. The topological polar surface area (TPSA) is 64.4 Å². The van der Waals surface area contributed by atoms with Crippen LogP contribution in [-0.2, 0) is 11.3 Å². The summed E-state index contributed by atoms with van der Waals surface area (Å²) >= 11 is 0. The lowest BCUT2D eigenvalue weighted by Gasteiger charge is -2.09. The van der Waals surface area contributed by atoms with Crippen LogP contribution in [-0.4, -0.2) is 18.6 Å². The number of ether oxygens (including phenoxy) is 1. The maximum Gasteiger partial charge on any atom is 0.269 e. The molecule has 1 aromatic carbocycles. The van der Waals surface area contributed by atoms with E-state index in [0.29, 0.717) is 13.2 Å². The Kier molecular flexibility index (Phi) is 6.89. The molecule has 5 heteroatoms. The fourth-order valence-corrected chi connectivity index (χ4v) is 1.87. The van der Waals surface area contributed by atoms with Gasteiger partial charge in [0.25, 0.3) is 5.69 Å². The molecule has 0 saturated heterocycles. The second kappa shape index (κ2) is 8.48. The van der Waals surface area contributed by atoms with Crippen molar-refractivity contribution in [1.29, 1.82) is 0 Å². The number of nitro groups is 1. The quantitative estimate of drug-likeness (QED) is 0.420. The lowest BCUT2D eigenvalue weighted by Crippen LogP contribution is -2.01. The predicted molar refractivity (Wildman–Crippen MR) is 76.4 cm³/mol. The van der Waals surface area contributed by atoms with Crippen molar-refractivity contribution in [2.45, 2.75) is 39.2 Å². The Hall–Kier alpha value is -1.62. The average molecular weight is 266 g/mol. The number of nitrogens with one attached hydrogen (secondary N) is 1. The van der Waals surface area contributed by atoms with Crippen molar-refractivity contribution in [3.05, 3.63) is 33.9 Å². The second-order valence-corrected chi connectivity index (χ2v) is 4.46. The van der Waals surface area contributed by atoms with E-state index in [1.54, 1.807) is 19.2 Å². The molecule has 0 amide bonds. The summed E-state index contributed by atoms with van der Waals surface area (Å²) < 4.78 is 5.58. The van der Waals surface area contributed by atoms with Crippen LogP contribution in [0, 0.1) is 10.1 Å². The number of hydrogen-bond acceptors (Lipinski definition) is 4. The van der Waals surface area contributed by atoms with Gasteiger partial charge < -0.3 is 10.1 Å². The van der Waals surface area contributed by atoms with Gasteiger partial charge in [0.05, 0.1) is 11.5 Å². The first-order chi connectivity index (χ1) is 9.19. The number of benzene rings is 1. The summed E-state index contributed by atoms with van der Waals surface area (Å²) in [6.07, 6.45) is 4.64. The van der Waals surface area contributed by atoms with Crippen LogP contribution in [0.2, 0.25) is 0 Å². The lowest BCUT2D eigenvalue weighted by atomic mass is 10.1. The van der Waals surface area contributed by atoms with Crippen molar-refractivity contribution in [1.82, 2.24) is 0 Å². The van der Waals surface area contributed by atoms with E-state index in [2.05, 4.69) is 12.2 Å². The highest BCUT2D eigenvalue weighted by molar-refractivity contribution is 5.55. The SMILES string of the molecule is CCCCCCOCc1cc([N+](=O)[O-])ccc1NC. The molecule has 0 aliphatic rings. The van der Waals surface area contributed by atoms with Gasteiger partial charge in [-0.3, -0.25) is 10.1 Å². The van der Waals surface area contributed by atoms with Crippen LogP contribution in [0.1, 0.15) is 38.2 Å². The molecule has 0 atom stereocenters. The van der Waals surface area contributed by atoms with Crippen molar-refractivity contribution >= 4 is 11.4 Å². The van der Waals surface area contributed by atoms with Crippen molar-refractivity contribution in [3.8, 4) is 0 Å². The van der Waals surface area contributed by atoms with Crippen molar-refractivity contribution in [2.24, 2.45) is 0 Å². The number of nitro benzene ring substituents is 1. The van der Waals surface area contributed by atoms with Crippen molar-refractivity contribution in [2.75, 3.05) is 19.0 Å². The summed E-state index contributed by atoms with van der Waals surface area (Å²) in [7, 11) is 1.80. The highest BCUT2D eigenvalue weighted by Crippen LogP contribution is 2.22. The predicted octanol–water partition coefficient (Wildman–Crippen LogP) is 3.73. The molecule has 0 aromatic heterocycles. The molecule has 0 radical (unpaired) electrons. The molecule has 0 fully saturated rings. The number of rotatable bonds is 9. The smallest absolute Gasteiger partial charge is 0.269 e. The summed E-state index contributed by atoms with van der Waals surface area (Å²) in [4.78, 5) is 10.4. The number of non-ortho nitro benzene ring substituents is 1. The summed E-state index contributed by atoms with van der Waals surface area (Å²) in [6.45, 7) is 3.28. The zero-order valence-corrected chi connectivity index (χ0v) is 11.6. The number of hydrogen-bond donors (Lipinski definition) is 1. The molecule has 5 nitrogen and oxygen atoms in total. The van der Waals surface area contributed by atoms with E-state index in [4.69, 9.17) is 4.74 Å². The summed E-state index contributed by atoms with van der Waals surface area (Å²) in [5.41, 5.74) is 1.80. The van der Waals surface area contributed by atoms with Gasteiger partial charge in [0, 0.05) is 37.0 Å². The van der Waals surface area contributed by atoms with Crippen molar-refractivity contribution < 1.29 is 9.66 Å². The van der Waals surface area contributed by atoms with E-state index in [-0.39, 0.29) is 10.6 Å². The van der Waals surface area contributed by atoms with Crippen LogP contribution >= 0.6 is 0 Å². The maximum absolute atomic E-state index is 10.7. The molecule has 106 valence electrons. The third-order valence-corrected chi connectivity index (χ3v) is 2.97. The fraction of sp³-hybridized carbons (Fsp3) is 0.571. The normalized spacial score (nSPS) is 10.4. The van der Waals surface area contributed by atoms with Crippen LogP contribution in [0.15, 0.2) is 18.2 Å². The maximum atomic E-state index is 10.7. The van der Waals surface area contributed by atoms with Gasteiger partial charge >= 0.3 is 0 Å². The monoisotopic (exact) mass is 266 g/mol. The minimum absolute atomic E-state index is 0.101. The Labute approximate surface area is 114 Å². The minimum atomic E-state index is -0.385. The van der Waals surface area contributed by atoms with Gasteiger partial charge in [0.1, 0.15) is 0 Å². The molecule has 1 rings (SSSR count). The Morgan fingerprint density at radius 1 is 1.32 bits per heavy atom. The zero-order chi connectivity index (χ0) is 14.1. The molecule has 0 unspecified atom stereocenters. The van der Waals surface area contributed by atoms with Crippen LogP contribution in [0.3, 0.4) is 0 Å². The minimum Gasteiger partial charge on any atom is -0.388 e. The van der Waals surface area contributed by atoms with E-state index < -0.39 is 0 Å². The summed E-state index contributed by atoms with van der Waals surface area (Å²) in [6, 6.07) is 4.78. The molecular weight excluding hydrogens is 244 g/mol. The third kappa shape index (κ3) is 5.26. The van der Waals surface area contributed by atoms with Crippen molar-refractivity contribution in [3.63, 3.8) is 0 Å². The fourth-order valence-electron chi connectivity index (χ4n) is 1.87. The lowest BCUT2D eigenvalue weighted by molar-refractivity contribution is -0.384. The van der Waals surface area contributed by atoms with Gasteiger partial charge in [-0.05, 0) is 12.5 Å². The summed E-state index contributed by atoms with van der Waals surface area (Å²) in [5, 5.41) is 13.8. The van der Waals surface area contributed by atoms with Gasteiger partial charge in [-0.1, -0.05) is 26.2 Å². The highest BCUT2D eigenvalue weighted by atomic mass is 16.6. The molecule has 1 N–H and O–H groups in total. The Morgan fingerprint density at radius 2 is 2.11 bits per heavy atom. The Balaban J connectivity index is 2.50. The first kappa shape index (κ1) is 15.4. The second-order valence-electron chi connectivity index (χ2n) is 4.46. The highest BCUT2D eigenvalue weighted by Gasteiger charge is 2.10. The van der Waals surface area contributed by atoms with Gasteiger partial charge in [0.15, 0.2) is 0 Å². The average Bonchev–Trinajstić information content (AvgIpc) is 2.42.